The van der Waals surface area contributed by atoms with Gasteiger partial charge in [0.15, 0.2) is 0 Å². The van der Waals surface area contributed by atoms with Crippen molar-refractivity contribution in [3.63, 3.8) is 0 Å². The van der Waals surface area contributed by atoms with Crippen molar-refractivity contribution in [3.05, 3.63) is 52.8 Å². The van der Waals surface area contributed by atoms with Crippen molar-refractivity contribution in [1.82, 2.24) is 4.98 Å². The first-order valence-corrected chi connectivity index (χ1v) is 6.10. The van der Waals surface area contributed by atoms with Crippen LogP contribution in [-0.2, 0) is 12.8 Å². The predicted molar refractivity (Wildman–Crippen MR) is 70.1 cm³/mol. The number of pyridine rings is 1. The molecule has 3 heteroatoms. The second-order valence-electron chi connectivity index (χ2n) is 4.48. The molecule has 1 aromatic heterocycles. The minimum Gasteiger partial charge on any atom is -0.327 e. The molecule has 3 rings (SSSR count). The van der Waals surface area contributed by atoms with Crippen LogP contribution in [0.25, 0.3) is 11.1 Å². The van der Waals surface area contributed by atoms with Crippen molar-refractivity contribution in [3.8, 4) is 11.1 Å². The Balaban J connectivity index is 2.07. The minimum atomic E-state index is 0.221. The van der Waals surface area contributed by atoms with Crippen molar-refractivity contribution in [2.24, 2.45) is 5.73 Å². The zero-order valence-electron chi connectivity index (χ0n) is 9.36. The largest absolute Gasteiger partial charge is 0.327 e. The molecule has 17 heavy (non-hydrogen) atoms. The fraction of sp³-hybridized carbons (Fsp3) is 0.214. The van der Waals surface area contributed by atoms with E-state index in [0.29, 0.717) is 0 Å². The third-order valence-electron chi connectivity index (χ3n) is 3.18. The van der Waals surface area contributed by atoms with Gasteiger partial charge in [0, 0.05) is 40.5 Å². The highest BCUT2D eigenvalue weighted by atomic mass is 35.5. The van der Waals surface area contributed by atoms with Gasteiger partial charge in [-0.2, -0.15) is 0 Å². The smallest absolute Gasteiger partial charge is 0.0484 e. The number of halogens is 1. The molecule has 0 fully saturated rings. The third kappa shape index (κ3) is 1.94. The SMILES string of the molecule is NC1Cc2cc(-c3ccccc3Cl)cnc2C1. The van der Waals surface area contributed by atoms with Crippen LogP contribution in [0.3, 0.4) is 0 Å². The van der Waals surface area contributed by atoms with Gasteiger partial charge < -0.3 is 5.73 Å². The van der Waals surface area contributed by atoms with Crippen molar-refractivity contribution >= 4 is 11.6 Å². The summed E-state index contributed by atoms with van der Waals surface area (Å²) >= 11 is 6.19. The fourth-order valence-electron chi connectivity index (χ4n) is 2.34. The molecule has 1 atom stereocenters. The lowest BCUT2D eigenvalue weighted by Crippen LogP contribution is -2.19. The molecular formula is C14H13ClN2. The van der Waals surface area contributed by atoms with Gasteiger partial charge in [-0.25, -0.2) is 0 Å². The maximum Gasteiger partial charge on any atom is 0.0484 e. The van der Waals surface area contributed by atoms with Crippen LogP contribution in [-0.4, -0.2) is 11.0 Å². The first-order chi connectivity index (χ1) is 8.24. The normalized spacial score (nSPS) is 18.1. The fourth-order valence-corrected chi connectivity index (χ4v) is 2.59. The van der Waals surface area contributed by atoms with Gasteiger partial charge in [-0.15, -0.1) is 0 Å². The second-order valence-corrected chi connectivity index (χ2v) is 4.89. The Labute approximate surface area is 105 Å². The second kappa shape index (κ2) is 4.13. The lowest BCUT2D eigenvalue weighted by Gasteiger charge is -2.06. The van der Waals surface area contributed by atoms with Crippen LogP contribution < -0.4 is 5.73 Å². The first kappa shape index (κ1) is 10.8. The van der Waals surface area contributed by atoms with E-state index >= 15 is 0 Å². The maximum absolute atomic E-state index is 6.19. The molecule has 0 spiro atoms. The molecule has 1 heterocycles. The van der Waals surface area contributed by atoms with Crippen molar-refractivity contribution < 1.29 is 0 Å². The Morgan fingerprint density at radius 2 is 2.06 bits per heavy atom. The van der Waals surface area contributed by atoms with Crippen LogP contribution >= 0.6 is 11.6 Å². The van der Waals surface area contributed by atoms with Gasteiger partial charge in [-0.1, -0.05) is 29.8 Å². The highest BCUT2D eigenvalue weighted by Gasteiger charge is 2.20. The molecule has 86 valence electrons. The number of aromatic nitrogens is 1. The highest BCUT2D eigenvalue weighted by Crippen LogP contribution is 2.30. The van der Waals surface area contributed by atoms with Gasteiger partial charge in [0.05, 0.1) is 0 Å². The summed E-state index contributed by atoms with van der Waals surface area (Å²) < 4.78 is 0. The van der Waals surface area contributed by atoms with Gasteiger partial charge in [0.1, 0.15) is 0 Å². The molecular weight excluding hydrogens is 232 g/mol. The number of nitrogens with two attached hydrogens (primary N) is 1. The third-order valence-corrected chi connectivity index (χ3v) is 3.51. The molecule has 0 bridgehead atoms. The van der Waals surface area contributed by atoms with E-state index in [1.807, 2.05) is 30.5 Å². The number of benzene rings is 1. The molecule has 2 aromatic rings. The molecule has 0 aliphatic heterocycles. The van der Waals surface area contributed by atoms with Crippen LogP contribution in [0.5, 0.6) is 0 Å². The summed E-state index contributed by atoms with van der Waals surface area (Å²) in [4.78, 5) is 4.49. The molecule has 1 aromatic carbocycles. The van der Waals surface area contributed by atoms with Crippen molar-refractivity contribution in [2.45, 2.75) is 18.9 Å². The van der Waals surface area contributed by atoms with Crippen LogP contribution in [0.1, 0.15) is 11.3 Å². The van der Waals surface area contributed by atoms with E-state index in [0.717, 1.165) is 34.7 Å². The van der Waals surface area contributed by atoms with Crippen LogP contribution in [0.4, 0.5) is 0 Å². The molecule has 1 aliphatic rings. The van der Waals surface area contributed by atoms with Gasteiger partial charge >= 0.3 is 0 Å². The Hall–Kier alpha value is -1.38. The number of hydrogen-bond acceptors (Lipinski definition) is 2. The lowest BCUT2D eigenvalue weighted by molar-refractivity contribution is 0.716. The highest BCUT2D eigenvalue weighted by molar-refractivity contribution is 6.33. The summed E-state index contributed by atoms with van der Waals surface area (Å²) in [5, 5.41) is 0.761. The Morgan fingerprint density at radius 3 is 2.88 bits per heavy atom. The van der Waals surface area contributed by atoms with E-state index in [4.69, 9.17) is 17.3 Å². The van der Waals surface area contributed by atoms with Crippen molar-refractivity contribution in [1.29, 1.82) is 0 Å². The molecule has 1 unspecified atom stereocenters. The maximum atomic E-state index is 6.19. The molecule has 2 N–H and O–H groups in total. The minimum absolute atomic E-state index is 0.221. The summed E-state index contributed by atoms with van der Waals surface area (Å²) in [5.74, 6) is 0. The summed E-state index contributed by atoms with van der Waals surface area (Å²) in [6, 6.07) is 10.2. The lowest BCUT2D eigenvalue weighted by atomic mass is 10.0. The summed E-state index contributed by atoms with van der Waals surface area (Å²) in [5.41, 5.74) is 10.4. The average Bonchev–Trinajstić information content (AvgIpc) is 2.68. The van der Waals surface area contributed by atoms with E-state index in [1.165, 1.54) is 5.56 Å². The van der Waals surface area contributed by atoms with Gasteiger partial charge in [-0.05, 0) is 24.1 Å². The number of nitrogens with zero attached hydrogens (tertiary/aromatic N) is 1. The number of fused-ring (bicyclic) bond motifs is 1. The zero-order valence-corrected chi connectivity index (χ0v) is 10.1. The summed E-state index contributed by atoms with van der Waals surface area (Å²) in [6.45, 7) is 0. The molecule has 2 nitrogen and oxygen atoms in total. The molecule has 0 radical (unpaired) electrons. The number of hydrogen-bond donors (Lipinski definition) is 1. The van der Waals surface area contributed by atoms with E-state index in [9.17, 15) is 0 Å². The predicted octanol–water partition coefficient (Wildman–Crippen LogP) is 2.83. The monoisotopic (exact) mass is 244 g/mol. The van der Waals surface area contributed by atoms with Crippen LogP contribution in [0.2, 0.25) is 5.02 Å². The quantitative estimate of drug-likeness (QED) is 0.838. The van der Waals surface area contributed by atoms with Crippen molar-refractivity contribution in [2.75, 3.05) is 0 Å². The van der Waals surface area contributed by atoms with E-state index < -0.39 is 0 Å². The Morgan fingerprint density at radius 1 is 1.24 bits per heavy atom. The average molecular weight is 245 g/mol. The van der Waals surface area contributed by atoms with Gasteiger partial charge in [-0.3, -0.25) is 4.98 Å². The molecule has 0 amide bonds. The Bertz CT molecular complexity index is 566. The molecule has 1 aliphatic carbocycles. The van der Waals surface area contributed by atoms with E-state index in [2.05, 4.69) is 11.1 Å². The topological polar surface area (TPSA) is 38.9 Å². The van der Waals surface area contributed by atoms with E-state index in [1.54, 1.807) is 0 Å². The first-order valence-electron chi connectivity index (χ1n) is 5.72. The summed E-state index contributed by atoms with van der Waals surface area (Å²) in [6.07, 6.45) is 3.69. The zero-order chi connectivity index (χ0) is 11.8. The molecule has 0 saturated carbocycles. The van der Waals surface area contributed by atoms with E-state index in [-0.39, 0.29) is 6.04 Å². The Kier molecular flexibility index (Phi) is 2.61. The van der Waals surface area contributed by atoms with Gasteiger partial charge in [0.25, 0.3) is 0 Å². The van der Waals surface area contributed by atoms with Crippen LogP contribution in [0.15, 0.2) is 36.5 Å². The summed E-state index contributed by atoms with van der Waals surface area (Å²) in [7, 11) is 0. The van der Waals surface area contributed by atoms with Gasteiger partial charge in [0.2, 0.25) is 0 Å². The number of rotatable bonds is 1. The standard InChI is InChI=1S/C14H13ClN2/c15-13-4-2-1-3-12(13)10-5-9-6-11(16)7-14(9)17-8-10/h1-5,8,11H,6-7,16H2. The molecule has 0 saturated heterocycles. The van der Waals surface area contributed by atoms with Crippen LogP contribution in [0, 0.1) is 0 Å².